The van der Waals surface area contributed by atoms with E-state index >= 15 is 0 Å². The summed E-state index contributed by atoms with van der Waals surface area (Å²) < 4.78 is 4.74. The Balaban J connectivity index is 2.57. The quantitative estimate of drug-likeness (QED) is 0.526. The fourth-order valence-electron chi connectivity index (χ4n) is 0.780. The first kappa shape index (κ1) is 6.13. The van der Waals surface area contributed by atoms with E-state index < -0.39 is 0 Å². The van der Waals surface area contributed by atoms with E-state index in [0.29, 0.717) is 0 Å². The van der Waals surface area contributed by atoms with E-state index in [2.05, 4.69) is 11.9 Å². The number of rotatable bonds is 1. The van der Waals surface area contributed by atoms with Crippen LogP contribution in [0.15, 0.2) is 12.7 Å². The Morgan fingerprint density at radius 2 is 2.56 bits per heavy atom. The van der Waals surface area contributed by atoms with Crippen LogP contribution < -0.4 is 5.32 Å². The molecule has 1 rings (SSSR count). The summed E-state index contributed by atoms with van der Waals surface area (Å²) in [5.41, 5.74) is 0. The molecule has 50 valence electrons. The Hall–Kier alpha value is -0.990. The predicted molar refractivity (Wildman–Crippen MR) is 33.1 cm³/mol. The molecule has 0 radical (unpaired) electrons. The number of cyclic esters (lactones) is 1. The lowest BCUT2D eigenvalue weighted by molar-refractivity contribution is 0.144. The van der Waals surface area contributed by atoms with E-state index in [1.165, 1.54) is 0 Å². The standard InChI is InChI=1S/C6H9NO2/c1-3-5-4(2)9-6(8)7-5/h3-5H,1H2,2H3,(H,7,8)/t4-,5-/m1/s1. The van der Waals surface area contributed by atoms with Crippen LogP contribution >= 0.6 is 0 Å². The molecular weight excluding hydrogens is 118 g/mol. The molecule has 9 heavy (non-hydrogen) atoms. The minimum atomic E-state index is -0.354. The van der Waals surface area contributed by atoms with Gasteiger partial charge in [0.1, 0.15) is 6.10 Å². The summed E-state index contributed by atoms with van der Waals surface area (Å²) in [5, 5.41) is 2.57. The van der Waals surface area contributed by atoms with Gasteiger partial charge in [0.25, 0.3) is 0 Å². The molecule has 0 aromatic rings. The van der Waals surface area contributed by atoms with E-state index in [1.54, 1.807) is 6.08 Å². The van der Waals surface area contributed by atoms with Crippen LogP contribution in [0.4, 0.5) is 4.79 Å². The number of nitrogens with one attached hydrogen (secondary N) is 1. The van der Waals surface area contributed by atoms with Crippen molar-refractivity contribution in [1.82, 2.24) is 5.32 Å². The predicted octanol–water partition coefficient (Wildman–Crippen LogP) is 0.669. The average molecular weight is 127 g/mol. The van der Waals surface area contributed by atoms with E-state index in [0.717, 1.165) is 0 Å². The summed E-state index contributed by atoms with van der Waals surface area (Å²) >= 11 is 0. The summed E-state index contributed by atoms with van der Waals surface area (Å²) in [7, 11) is 0. The second-order valence-corrected chi connectivity index (χ2v) is 2.02. The fourth-order valence-corrected chi connectivity index (χ4v) is 0.780. The Labute approximate surface area is 53.7 Å². The summed E-state index contributed by atoms with van der Waals surface area (Å²) in [5.74, 6) is 0. The van der Waals surface area contributed by atoms with Gasteiger partial charge in [-0.25, -0.2) is 4.79 Å². The van der Waals surface area contributed by atoms with Gasteiger partial charge < -0.3 is 10.1 Å². The lowest BCUT2D eigenvalue weighted by Gasteiger charge is -2.04. The zero-order valence-electron chi connectivity index (χ0n) is 5.26. The number of amides is 1. The molecule has 0 bridgehead atoms. The molecule has 2 atom stereocenters. The zero-order chi connectivity index (χ0) is 6.85. The van der Waals surface area contributed by atoms with Gasteiger partial charge in [0.2, 0.25) is 0 Å². The third kappa shape index (κ3) is 1.04. The second kappa shape index (κ2) is 2.09. The number of alkyl carbamates (subject to hydrolysis) is 1. The molecule has 0 aromatic heterocycles. The first-order valence-corrected chi connectivity index (χ1v) is 2.83. The van der Waals surface area contributed by atoms with Crippen LogP contribution in [0.25, 0.3) is 0 Å². The van der Waals surface area contributed by atoms with Gasteiger partial charge in [-0.3, -0.25) is 0 Å². The molecule has 1 aliphatic rings. The molecule has 3 nitrogen and oxygen atoms in total. The maximum absolute atomic E-state index is 10.4. The summed E-state index contributed by atoms with van der Waals surface area (Å²) in [6.07, 6.45) is 1.23. The maximum atomic E-state index is 10.4. The largest absolute Gasteiger partial charge is 0.444 e. The Morgan fingerprint density at radius 3 is 2.78 bits per heavy atom. The van der Waals surface area contributed by atoms with Crippen LogP contribution in [0.5, 0.6) is 0 Å². The van der Waals surface area contributed by atoms with E-state index in [9.17, 15) is 4.79 Å². The van der Waals surface area contributed by atoms with Gasteiger partial charge in [0.15, 0.2) is 0 Å². The highest BCUT2D eigenvalue weighted by Gasteiger charge is 2.27. The highest BCUT2D eigenvalue weighted by Crippen LogP contribution is 2.07. The third-order valence-corrected chi connectivity index (χ3v) is 1.34. The molecule has 3 heteroatoms. The van der Waals surface area contributed by atoms with Crippen LogP contribution in [0.1, 0.15) is 6.92 Å². The molecule has 1 saturated heterocycles. The van der Waals surface area contributed by atoms with Gasteiger partial charge in [-0.15, -0.1) is 6.58 Å². The number of hydrogen-bond donors (Lipinski definition) is 1. The van der Waals surface area contributed by atoms with Crippen molar-refractivity contribution in [3.8, 4) is 0 Å². The number of ether oxygens (including phenoxy) is 1. The highest BCUT2D eigenvalue weighted by atomic mass is 16.6. The molecule has 1 amide bonds. The molecule has 0 spiro atoms. The van der Waals surface area contributed by atoms with E-state index in [-0.39, 0.29) is 18.2 Å². The average Bonchev–Trinajstić information content (AvgIpc) is 2.10. The second-order valence-electron chi connectivity index (χ2n) is 2.02. The van der Waals surface area contributed by atoms with E-state index in [4.69, 9.17) is 4.74 Å². The molecular formula is C6H9NO2. The minimum Gasteiger partial charge on any atom is -0.444 e. The first-order valence-electron chi connectivity index (χ1n) is 2.83. The van der Waals surface area contributed by atoms with Gasteiger partial charge in [0.05, 0.1) is 6.04 Å². The SMILES string of the molecule is C=C[C@H]1NC(=O)O[C@@H]1C. The van der Waals surface area contributed by atoms with E-state index in [1.807, 2.05) is 6.92 Å². The molecule has 1 heterocycles. The molecule has 0 saturated carbocycles. The monoisotopic (exact) mass is 127 g/mol. The van der Waals surface area contributed by atoms with Gasteiger partial charge >= 0.3 is 6.09 Å². The van der Waals surface area contributed by atoms with Gasteiger partial charge in [-0.05, 0) is 6.92 Å². The van der Waals surface area contributed by atoms with Crippen LogP contribution in [-0.2, 0) is 4.74 Å². The van der Waals surface area contributed by atoms with Crippen molar-refractivity contribution in [3.05, 3.63) is 12.7 Å². The van der Waals surface area contributed by atoms with Gasteiger partial charge in [-0.2, -0.15) is 0 Å². The lowest BCUT2D eigenvalue weighted by atomic mass is 10.2. The normalized spacial score (nSPS) is 33.2. The van der Waals surface area contributed by atoms with Crippen LogP contribution in [-0.4, -0.2) is 18.2 Å². The zero-order valence-corrected chi connectivity index (χ0v) is 5.26. The maximum Gasteiger partial charge on any atom is 0.408 e. The van der Waals surface area contributed by atoms with Crippen molar-refractivity contribution in [3.63, 3.8) is 0 Å². The number of carbonyl (C=O) groups excluding carboxylic acids is 1. The van der Waals surface area contributed by atoms with Gasteiger partial charge in [-0.1, -0.05) is 6.08 Å². The van der Waals surface area contributed by atoms with Crippen molar-refractivity contribution < 1.29 is 9.53 Å². The topological polar surface area (TPSA) is 38.3 Å². The number of carbonyl (C=O) groups is 1. The van der Waals surface area contributed by atoms with Crippen molar-refractivity contribution in [2.45, 2.75) is 19.1 Å². The van der Waals surface area contributed by atoms with Gasteiger partial charge in [0, 0.05) is 0 Å². The lowest BCUT2D eigenvalue weighted by Crippen LogP contribution is -2.26. The third-order valence-electron chi connectivity index (χ3n) is 1.34. The highest BCUT2D eigenvalue weighted by molar-refractivity contribution is 5.70. The molecule has 1 aliphatic heterocycles. The molecule has 0 aliphatic carbocycles. The first-order chi connectivity index (χ1) is 4.24. The van der Waals surface area contributed by atoms with Crippen molar-refractivity contribution in [2.24, 2.45) is 0 Å². The Bertz CT molecular complexity index is 144. The summed E-state index contributed by atoms with van der Waals surface area (Å²) in [6, 6.07) is -0.0162. The molecule has 0 aromatic carbocycles. The van der Waals surface area contributed by atoms with Crippen LogP contribution in [0.2, 0.25) is 0 Å². The van der Waals surface area contributed by atoms with Crippen LogP contribution in [0.3, 0.4) is 0 Å². The van der Waals surface area contributed by atoms with Crippen molar-refractivity contribution in [1.29, 1.82) is 0 Å². The Morgan fingerprint density at radius 1 is 1.89 bits per heavy atom. The Kier molecular flexibility index (Phi) is 1.42. The smallest absolute Gasteiger partial charge is 0.408 e. The van der Waals surface area contributed by atoms with Crippen molar-refractivity contribution >= 4 is 6.09 Å². The van der Waals surface area contributed by atoms with Crippen molar-refractivity contribution in [2.75, 3.05) is 0 Å². The van der Waals surface area contributed by atoms with Crippen LogP contribution in [0, 0.1) is 0 Å². The summed E-state index contributed by atoms with van der Waals surface area (Å²) in [6.45, 7) is 5.36. The minimum absolute atomic E-state index is 0.0162. The molecule has 0 unspecified atom stereocenters. The summed E-state index contributed by atoms with van der Waals surface area (Å²) in [4.78, 5) is 10.4. The molecule has 1 fully saturated rings. The fraction of sp³-hybridized carbons (Fsp3) is 0.500. The number of hydrogen-bond acceptors (Lipinski definition) is 2. The molecule has 1 N–H and O–H groups in total.